The SMILES string of the molecule is CCC(=O)ON=C(C(CC1Cc2c(Cl)cc(Cl)cc2O1)n1cncn1)C(C)(C)C. The molecule has 3 rings (SSSR count). The van der Waals surface area contributed by atoms with Gasteiger partial charge in [-0.25, -0.2) is 14.5 Å². The molecule has 1 aliphatic heterocycles. The van der Waals surface area contributed by atoms with E-state index >= 15 is 0 Å². The Bertz CT molecular complexity index is 907. The number of aromatic nitrogens is 3. The first kappa shape index (κ1) is 21.6. The predicted octanol–water partition coefficient (Wildman–Crippen LogP) is 4.88. The summed E-state index contributed by atoms with van der Waals surface area (Å²) in [5.41, 5.74) is 1.23. The number of ether oxygens (including phenoxy) is 1. The van der Waals surface area contributed by atoms with Crippen LogP contribution in [0.5, 0.6) is 5.75 Å². The Hall–Kier alpha value is -2.12. The van der Waals surface area contributed by atoms with Crippen LogP contribution in [0.3, 0.4) is 0 Å². The molecule has 9 heteroatoms. The molecule has 0 saturated heterocycles. The Labute approximate surface area is 180 Å². The molecule has 1 aliphatic rings. The lowest BCUT2D eigenvalue weighted by Gasteiger charge is -2.29. The normalized spacial score (nSPS) is 17.6. The van der Waals surface area contributed by atoms with E-state index in [2.05, 4.69) is 15.2 Å². The third-order valence-electron chi connectivity index (χ3n) is 4.71. The molecule has 2 heterocycles. The lowest BCUT2D eigenvalue weighted by atomic mass is 9.83. The average Bonchev–Trinajstić information content (AvgIpc) is 3.29. The van der Waals surface area contributed by atoms with E-state index in [9.17, 15) is 4.79 Å². The summed E-state index contributed by atoms with van der Waals surface area (Å²) in [4.78, 5) is 20.9. The van der Waals surface area contributed by atoms with E-state index in [1.807, 2.05) is 20.8 Å². The van der Waals surface area contributed by atoms with Crippen molar-refractivity contribution in [3.8, 4) is 5.75 Å². The van der Waals surface area contributed by atoms with Gasteiger partial charge in [-0.1, -0.05) is 56.1 Å². The summed E-state index contributed by atoms with van der Waals surface area (Å²) in [5, 5.41) is 9.65. The van der Waals surface area contributed by atoms with Crippen LogP contribution < -0.4 is 4.74 Å². The Morgan fingerprint density at radius 3 is 2.79 bits per heavy atom. The molecule has 0 aliphatic carbocycles. The van der Waals surface area contributed by atoms with Crippen LogP contribution in [-0.4, -0.2) is 32.5 Å². The molecule has 29 heavy (non-hydrogen) atoms. The predicted molar refractivity (Wildman–Crippen MR) is 112 cm³/mol. The average molecular weight is 439 g/mol. The van der Waals surface area contributed by atoms with Crippen LogP contribution >= 0.6 is 23.2 Å². The summed E-state index contributed by atoms with van der Waals surface area (Å²) in [6.45, 7) is 7.76. The molecule has 156 valence electrons. The van der Waals surface area contributed by atoms with Crippen LogP contribution in [-0.2, 0) is 16.1 Å². The van der Waals surface area contributed by atoms with Crippen molar-refractivity contribution < 1.29 is 14.4 Å². The highest BCUT2D eigenvalue weighted by molar-refractivity contribution is 6.35. The first-order chi connectivity index (χ1) is 13.7. The highest BCUT2D eigenvalue weighted by Gasteiger charge is 2.36. The van der Waals surface area contributed by atoms with Gasteiger partial charge in [0.1, 0.15) is 24.5 Å². The summed E-state index contributed by atoms with van der Waals surface area (Å²) < 4.78 is 7.83. The van der Waals surface area contributed by atoms with Gasteiger partial charge < -0.3 is 9.57 Å². The zero-order valence-electron chi connectivity index (χ0n) is 16.9. The molecule has 2 atom stereocenters. The minimum absolute atomic E-state index is 0.162. The first-order valence-electron chi connectivity index (χ1n) is 9.46. The van der Waals surface area contributed by atoms with Gasteiger partial charge in [-0.15, -0.1) is 0 Å². The van der Waals surface area contributed by atoms with Crippen LogP contribution in [0.15, 0.2) is 29.9 Å². The summed E-state index contributed by atoms with van der Waals surface area (Å²) in [6, 6.07) is 3.18. The van der Waals surface area contributed by atoms with E-state index in [4.69, 9.17) is 32.8 Å². The van der Waals surface area contributed by atoms with Crippen LogP contribution in [0.2, 0.25) is 10.0 Å². The Kier molecular flexibility index (Phi) is 6.49. The molecule has 0 spiro atoms. The van der Waals surface area contributed by atoms with Crippen LogP contribution in [0.1, 0.15) is 52.1 Å². The van der Waals surface area contributed by atoms with Crippen molar-refractivity contribution in [2.24, 2.45) is 10.6 Å². The quantitative estimate of drug-likeness (QED) is 0.364. The molecule has 0 bridgehead atoms. The fourth-order valence-electron chi connectivity index (χ4n) is 3.30. The minimum Gasteiger partial charge on any atom is -0.490 e. The van der Waals surface area contributed by atoms with Gasteiger partial charge in [-0.3, -0.25) is 0 Å². The Balaban J connectivity index is 1.90. The second-order valence-electron chi connectivity index (χ2n) is 7.98. The number of halogens is 2. The number of fused-ring (bicyclic) bond motifs is 1. The molecule has 7 nitrogen and oxygen atoms in total. The largest absolute Gasteiger partial charge is 0.490 e. The van der Waals surface area contributed by atoms with Gasteiger partial charge in [0.25, 0.3) is 0 Å². The highest BCUT2D eigenvalue weighted by Crippen LogP contribution is 2.40. The molecule has 0 N–H and O–H groups in total. The van der Waals surface area contributed by atoms with E-state index in [-0.39, 0.29) is 24.0 Å². The number of hydrogen-bond donors (Lipinski definition) is 0. The van der Waals surface area contributed by atoms with Crippen molar-refractivity contribution in [3.63, 3.8) is 0 Å². The molecule has 1 aromatic heterocycles. The lowest BCUT2D eigenvalue weighted by Crippen LogP contribution is -2.35. The maximum absolute atomic E-state index is 11.7. The molecule has 0 fully saturated rings. The number of carbonyl (C=O) groups is 1. The third-order valence-corrected chi connectivity index (χ3v) is 5.26. The molecule has 0 amide bonds. The van der Waals surface area contributed by atoms with Gasteiger partial charge in [-0.2, -0.15) is 5.10 Å². The van der Waals surface area contributed by atoms with Crippen molar-refractivity contribution >= 4 is 34.9 Å². The van der Waals surface area contributed by atoms with Crippen LogP contribution in [0.25, 0.3) is 0 Å². The van der Waals surface area contributed by atoms with Crippen molar-refractivity contribution in [1.29, 1.82) is 0 Å². The number of rotatable bonds is 6. The maximum Gasteiger partial charge on any atom is 0.334 e. The van der Waals surface area contributed by atoms with E-state index in [1.54, 1.807) is 30.1 Å². The standard InChI is InChI=1S/C20H24Cl2N4O3/c1-5-18(27)29-25-19(20(2,3)4)16(26-11-23-10-24-26)9-13-8-14-15(22)6-12(21)7-17(14)28-13/h6-7,10-11,13,16H,5,8-9H2,1-4H3. The van der Waals surface area contributed by atoms with Gasteiger partial charge in [0.05, 0.1) is 11.8 Å². The van der Waals surface area contributed by atoms with Gasteiger partial charge in [0.15, 0.2) is 0 Å². The number of hydrogen-bond acceptors (Lipinski definition) is 6. The zero-order valence-corrected chi connectivity index (χ0v) is 18.4. The Morgan fingerprint density at radius 2 is 2.17 bits per heavy atom. The molecule has 0 saturated carbocycles. The van der Waals surface area contributed by atoms with Gasteiger partial charge in [0.2, 0.25) is 0 Å². The summed E-state index contributed by atoms with van der Waals surface area (Å²) in [7, 11) is 0. The van der Waals surface area contributed by atoms with E-state index in [0.717, 1.165) is 5.56 Å². The second kappa shape index (κ2) is 8.71. The topological polar surface area (TPSA) is 78.6 Å². The maximum atomic E-state index is 11.7. The molecule has 1 aromatic carbocycles. The summed E-state index contributed by atoms with van der Waals surface area (Å²) >= 11 is 12.4. The third kappa shape index (κ3) is 5.08. The fourth-order valence-corrected chi connectivity index (χ4v) is 3.85. The van der Waals surface area contributed by atoms with Gasteiger partial charge >= 0.3 is 5.97 Å². The molecule has 2 unspecified atom stereocenters. The van der Waals surface area contributed by atoms with Crippen molar-refractivity contribution in [2.75, 3.05) is 0 Å². The van der Waals surface area contributed by atoms with Crippen LogP contribution in [0.4, 0.5) is 0 Å². The van der Waals surface area contributed by atoms with E-state index < -0.39 is 5.97 Å². The number of nitrogens with zero attached hydrogens (tertiary/aromatic N) is 4. The van der Waals surface area contributed by atoms with Gasteiger partial charge in [0, 0.05) is 40.3 Å². The molecule has 2 aromatic rings. The summed E-state index contributed by atoms with van der Waals surface area (Å²) in [5.74, 6) is 0.298. The molecule has 0 radical (unpaired) electrons. The second-order valence-corrected chi connectivity index (χ2v) is 8.82. The van der Waals surface area contributed by atoms with Crippen LogP contribution in [0, 0.1) is 5.41 Å². The first-order valence-corrected chi connectivity index (χ1v) is 10.2. The number of oxime groups is 1. The summed E-state index contributed by atoms with van der Waals surface area (Å²) in [6.07, 6.45) is 4.36. The minimum atomic E-state index is -0.393. The molecular formula is C20H24Cl2N4O3. The van der Waals surface area contributed by atoms with Crippen molar-refractivity contribution in [3.05, 3.63) is 40.4 Å². The van der Waals surface area contributed by atoms with Crippen molar-refractivity contribution in [1.82, 2.24) is 14.8 Å². The lowest BCUT2D eigenvalue weighted by molar-refractivity contribution is -0.143. The zero-order chi connectivity index (χ0) is 21.2. The number of benzene rings is 1. The van der Waals surface area contributed by atoms with Gasteiger partial charge in [-0.05, 0) is 12.1 Å². The monoisotopic (exact) mass is 438 g/mol. The molecular weight excluding hydrogens is 415 g/mol. The van der Waals surface area contributed by atoms with E-state index in [0.29, 0.717) is 34.3 Å². The smallest absolute Gasteiger partial charge is 0.334 e. The number of carbonyl (C=O) groups excluding carboxylic acids is 1. The van der Waals surface area contributed by atoms with E-state index in [1.165, 1.54) is 6.33 Å². The highest BCUT2D eigenvalue weighted by atomic mass is 35.5. The Morgan fingerprint density at radius 1 is 1.41 bits per heavy atom. The van der Waals surface area contributed by atoms with Crippen molar-refractivity contribution in [2.45, 2.75) is 59.1 Å². The fraction of sp³-hybridized carbons (Fsp3) is 0.500.